The summed E-state index contributed by atoms with van der Waals surface area (Å²) in [7, 11) is 0.222. The summed E-state index contributed by atoms with van der Waals surface area (Å²) in [5.74, 6) is -0.920. The van der Waals surface area contributed by atoms with E-state index in [0.29, 0.717) is 16.7 Å². The molecule has 2 rings (SSSR count). The minimum atomic E-state index is -3.72. The number of esters is 2. The molecule has 0 amide bonds. The zero-order chi connectivity index (χ0) is 21.4. The minimum absolute atomic E-state index is 0.0317. The van der Waals surface area contributed by atoms with E-state index in [2.05, 4.69) is 9.46 Å². The summed E-state index contributed by atoms with van der Waals surface area (Å²) in [6, 6.07) is 11.0. The Labute approximate surface area is 169 Å². The van der Waals surface area contributed by atoms with Gasteiger partial charge in [-0.05, 0) is 48.5 Å². The van der Waals surface area contributed by atoms with Crippen LogP contribution in [0.15, 0.2) is 53.4 Å². The largest absolute Gasteiger partial charge is 0.495 e. The molecule has 0 spiro atoms. The van der Waals surface area contributed by atoms with E-state index in [9.17, 15) is 18.0 Å². The first kappa shape index (κ1) is 22.1. The standard InChI is InChI=1S/C20H21NO7S/c1-21-29(24,25)18-12-14(7-9-17(18)26-2)8-10-19(22)28-13-15-5-4-6-16(11-15)20(23)27-3/h4-12,21H,13H2,1-3H3/b10-8+. The van der Waals surface area contributed by atoms with Crippen LogP contribution in [-0.4, -0.2) is 41.6 Å². The summed E-state index contributed by atoms with van der Waals surface area (Å²) in [6.45, 7) is -0.0317. The average molecular weight is 419 g/mol. The predicted molar refractivity (Wildman–Crippen MR) is 106 cm³/mol. The Bertz CT molecular complexity index is 1030. The van der Waals surface area contributed by atoms with Crippen molar-refractivity contribution in [3.63, 3.8) is 0 Å². The van der Waals surface area contributed by atoms with Crippen molar-refractivity contribution in [3.8, 4) is 5.75 Å². The van der Waals surface area contributed by atoms with Gasteiger partial charge in [0.05, 0.1) is 19.8 Å². The lowest BCUT2D eigenvalue weighted by Crippen LogP contribution is -2.19. The molecule has 0 bridgehead atoms. The highest BCUT2D eigenvalue weighted by molar-refractivity contribution is 7.89. The quantitative estimate of drug-likeness (QED) is 0.516. The van der Waals surface area contributed by atoms with E-state index < -0.39 is 22.0 Å². The first-order chi connectivity index (χ1) is 13.8. The summed E-state index contributed by atoms with van der Waals surface area (Å²) in [4.78, 5) is 23.5. The molecule has 0 fully saturated rings. The molecule has 2 aromatic carbocycles. The summed E-state index contributed by atoms with van der Waals surface area (Å²) < 4.78 is 41.3. The van der Waals surface area contributed by atoms with Crippen LogP contribution in [0.4, 0.5) is 0 Å². The van der Waals surface area contributed by atoms with E-state index in [1.165, 1.54) is 45.6 Å². The smallest absolute Gasteiger partial charge is 0.337 e. The second-order valence-electron chi connectivity index (χ2n) is 5.75. The Morgan fingerprint density at radius 2 is 1.86 bits per heavy atom. The maximum atomic E-state index is 12.1. The summed E-state index contributed by atoms with van der Waals surface area (Å²) in [6.07, 6.45) is 2.61. The fraction of sp³-hybridized carbons (Fsp3) is 0.200. The molecule has 154 valence electrons. The molecule has 0 atom stereocenters. The third-order valence-corrected chi connectivity index (χ3v) is 5.32. The number of carbonyl (C=O) groups excluding carboxylic acids is 2. The number of carbonyl (C=O) groups is 2. The van der Waals surface area contributed by atoms with E-state index in [4.69, 9.17) is 9.47 Å². The zero-order valence-corrected chi connectivity index (χ0v) is 17.0. The van der Waals surface area contributed by atoms with Gasteiger partial charge in [0.1, 0.15) is 17.3 Å². The number of benzene rings is 2. The number of hydrogen-bond donors (Lipinski definition) is 1. The van der Waals surface area contributed by atoms with Crippen molar-refractivity contribution in [2.24, 2.45) is 0 Å². The summed E-state index contributed by atoms with van der Waals surface area (Å²) in [5.41, 5.74) is 1.46. The van der Waals surface area contributed by atoms with Crippen molar-refractivity contribution in [1.29, 1.82) is 0 Å². The molecule has 0 aliphatic carbocycles. The van der Waals surface area contributed by atoms with E-state index in [-0.39, 0.29) is 17.3 Å². The molecule has 0 aromatic heterocycles. The molecule has 8 nitrogen and oxygen atoms in total. The fourth-order valence-electron chi connectivity index (χ4n) is 2.39. The van der Waals surface area contributed by atoms with Crippen molar-refractivity contribution in [1.82, 2.24) is 4.72 Å². The van der Waals surface area contributed by atoms with Gasteiger partial charge in [-0.1, -0.05) is 18.2 Å². The Balaban J connectivity index is 2.08. The molecule has 0 heterocycles. The third kappa shape index (κ3) is 5.90. The first-order valence-corrected chi connectivity index (χ1v) is 9.92. The Morgan fingerprint density at radius 1 is 1.10 bits per heavy atom. The van der Waals surface area contributed by atoms with Crippen LogP contribution in [-0.2, 0) is 30.9 Å². The predicted octanol–water partition coefficient (Wildman–Crippen LogP) is 2.15. The molecule has 9 heteroatoms. The topological polar surface area (TPSA) is 108 Å². The van der Waals surface area contributed by atoms with Crippen molar-refractivity contribution >= 4 is 28.0 Å². The van der Waals surface area contributed by atoms with Gasteiger partial charge in [-0.15, -0.1) is 0 Å². The molecule has 1 N–H and O–H groups in total. The highest BCUT2D eigenvalue weighted by atomic mass is 32.2. The lowest BCUT2D eigenvalue weighted by Gasteiger charge is -2.09. The van der Waals surface area contributed by atoms with E-state index >= 15 is 0 Å². The highest BCUT2D eigenvalue weighted by Gasteiger charge is 2.17. The highest BCUT2D eigenvalue weighted by Crippen LogP contribution is 2.25. The van der Waals surface area contributed by atoms with E-state index in [1.54, 1.807) is 30.3 Å². The normalized spacial score (nSPS) is 11.3. The van der Waals surface area contributed by atoms with Crippen molar-refractivity contribution in [3.05, 3.63) is 65.2 Å². The van der Waals surface area contributed by atoms with Crippen LogP contribution in [0.5, 0.6) is 5.75 Å². The van der Waals surface area contributed by atoms with Crippen LogP contribution in [0.25, 0.3) is 6.08 Å². The van der Waals surface area contributed by atoms with Crippen LogP contribution >= 0.6 is 0 Å². The number of ether oxygens (including phenoxy) is 3. The van der Waals surface area contributed by atoms with Gasteiger partial charge in [-0.25, -0.2) is 22.7 Å². The van der Waals surface area contributed by atoms with E-state index in [1.807, 2.05) is 0 Å². The molecule has 0 aliphatic heterocycles. The van der Waals surface area contributed by atoms with Gasteiger partial charge in [0.15, 0.2) is 0 Å². The second kappa shape index (κ2) is 9.85. The Morgan fingerprint density at radius 3 is 2.52 bits per heavy atom. The number of methoxy groups -OCH3 is 2. The SMILES string of the molecule is CNS(=O)(=O)c1cc(/C=C/C(=O)OCc2cccc(C(=O)OC)c2)ccc1OC. The monoisotopic (exact) mass is 419 g/mol. The number of rotatable bonds is 8. The maximum Gasteiger partial charge on any atom is 0.337 e. The van der Waals surface area contributed by atoms with Gasteiger partial charge >= 0.3 is 11.9 Å². The molecule has 0 saturated heterocycles. The molecule has 0 aliphatic rings. The molecule has 0 radical (unpaired) electrons. The van der Waals surface area contributed by atoms with Gasteiger partial charge in [-0.2, -0.15) is 0 Å². The molecular formula is C20H21NO7S. The zero-order valence-electron chi connectivity index (χ0n) is 16.2. The van der Waals surface area contributed by atoms with Crippen LogP contribution in [0.2, 0.25) is 0 Å². The van der Waals surface area contributed by atoms with Crippen LogP contribution in [0, 0.1) is 0 Å². The molecule has 29 heavy (non-hydrogen) atoms. The summed E-state index contributed by atoms with van der Waals surface area (Å²) >= 11 is 0. The maximum absolute atomic E-state index is 12.1. The van der Waals surface area contributed by atoms with Crippen LogP contribution in [0.1, 0.15) is 21.5 Å². The Kier molecular flexibility index (Phi) is 7.52. The van der Waals surface area contributed by atoms with E-state index in [0.717, 1.165) is 0 Å². The van der Waals surface area contributed by atoms with Gasteiger partial charge in [0.2, 0.25) is 10.0 Å². The number of sulfonamides is 1. The van der Waals surface area contributed by atoms with Gasteiger partial charge < -0.3 is 14.2 Å². The van der Waals surface area contributed by atoms with Gasteiger partial charge in [-0.3, -0.25) is 0 Å². The van der Waals surface area contributed by atoms with Gasteiger partial charge in [0, 0.05) is 6.08 Å². The lowest BCUT2D eigenvalue weighted by atomic mass is 10.1. The Hall–Kier alpha value is -3.17. The summed E-state index contributed by atoms with van der Waals surface area (Å²) in [5, 5.41) is 0. The number of nitrogens with one attached hydrogen (secondary N) is 1. The van der Waals surface area contributed by atoms with Gasteiger partial charge in [0.25, 0.3) is 0 Å². The van der Waals surface area contributed by atoms with Crippen molar-refractivity contribution in [2.75, 3.05) is 21.3 Å². The minimum Gasteiger partial charge on any atom is -0.495 e. The number of hydrogen-bond acceptors (Lipinski definition) is 7. The first-order valence-electron chi connectivity index (χ1n) is 8.44. The fourth-order valence-corrected chi connectivity index (χ4v) is 3.32. The average Bonchev–Trinajstić information content (AvgIpc) is 2.75. The molecule has 0 saturated carbocycles. The molecule has 2 aromatic rings. The van der Waals surface area contributed by atoms with Crippen LogP contribution in [0.3, 0.4) is 0 Å². The molecule has 0 unspecified atom stereocenters. The second-order valence-corrected chi connectivity index (χ2v) is 7.61. The van der Waals surface area contributed by atoms with Crippen LogP contribution < -0.4 is 9.46 Å². The lowest BCUT2D eigenvalue weighted by molar-refractivity contribution is -0.138. The van der Waals surface area contributed by atoms with Crippen molar-refractivity contribution in [2.45, 2.75) is 11.5 Å². The third-order valence-electron chi connectivity index (χ3n) is 3.89. The molecular weight excluding hydrogens is 398 g/mol. The van der Waals surface area contributed by atoms with Crippen molar-refractivity contribution < 1.29 is 32.2 Å².